The third kappa shape index (κ3) is 45.5. The monoisotopic (exact) mass is 853 g/mol. The molecule has 0 aromatic rings. The Bertz CT molecular complexity index is 1100. The molecule has 0 amide bonds. The number of phosphoric ester groups is 1. The normalized spacial score (nSPS) is 14.5. The first kappa shape index (κ1) is 57.2. The van der Waals surface area contributed by atoms with E-state index in [4.69, 9.17) is 23.6 Å². The zero-order valence-corrected chi connectivity index (χ0v) is 38.6. The quantitative estimate of drug-likeness (QED) is 0.0237. The van der Waals surface area contributed by atoms with Gasteiger partial charge in [0.05, 0.1) is 26.4 Å². The number of allylic oxidation sites excluding steroid dienone is 10. The second-order valence-electron chi connectivity index (χ2n) is 15.7. The van der Waals surface area contributed by atoms with E-state index < -0.39 is 39.2 Å². The highest BCUT2D eigenvalue weighted by molar-refractivity contribution is 7.47. The molecule has 0 aliphatic heterocycles. The molecule has 0 aromatic carbocycles. The van der Waals surface area contributed by atoms with Gasteiger partial charge in [-0.2, -0.15) is 0 Å². The zero-order valence-electron chi connectivity index (χ0n) is 37.7. The number of hydrogen-bond donors (Lipinski definition) is 3. The molecule has 0 fully saturated rings. The summed E-state index contributed by atoms with van der Waals surface area (Å²) in [5.41, 5.74) is 0. The first-order valence-electron chi connectivity index (χ1n) is 23.8. The van der Waals surface area contributed by atoms with Gasteiger partial charge in [0.1, 0.15) is 12.2 Å². The predicted molar refractivity (Wildman–Crippen MR) is 246 cm³/mol. The second kappa shape index (κ2) is 45.7. The topological polar surface area (TPSA) is 132 Å². The van der Waals surface area contributed by atoms with Crippen LogP contribution in [0.3, 0.4) is 0 Å². The Morgan fingerprint density at radius 3 is 1.47 bits per heavy atom. The van der Waals surface area contributed by atoms with Crippen LogP contribution < -0.4 is 0 Å². The zero-order chi connectivity index (χ0) is 43.2. The lowest BCUT2D eigenvalue weighted by atomic mass is 10.1. The number of hydrogen-bond acceptors (Lipinski definition) is 8. The fraction of sp³-hybridized carbons (Fsp3) is 0.776. The number of rotatable bonds is 45. The van der Waals surface area contributed by atoms with Gasteiger partial charge in [-0.05, 0) is 77.0 Å². The van der Waals surface area contributed by atoms with Crippen LogP contribution in [-0.4, -0.2) is 66.3 Å². The molecule has 0 heterocycles. The molecule has 3 atom stereocenters. The summed E-state index contributed by atoms with van der Waals surface area (Å²) in [5.74, 6) is -0.394. The summed E-state index contributed by atoms with van der Waals surface area (Å²) in [7, 11) is -4.53. The molecule has 59 heavy (non-hydrogen) atoms. The summed E-state index contributed by atoms with van der Waals surface area (Å²) in [6.07, 6.45) is 53.2. The van der Waals surface area contributed by atoms with Crippen molar-refractivity contribution in [3.63, 3.8) is 0 Å². The van der Waals surface area contributed by atoms with Gasteiger partial charge in [-0.15, -0.1) is 0 Å². The lowest BCUT2D eigenvalue weighted by molar-refractivity contribution is -0.154. The SMILES string of the molecule is CC/C=C\C/C=C\C/C=C\C/C=C\CCCCCCCCCCCOCC(COP(=O)(O)OCC(O)CO)OC(=O)CCCCCCC/C=C\CCCCCCCCC. The maximum atomic E-state index is 12.6. The Labute approximate surface area is 361 Å². The molecule has 3 unspecified atom stereocenters. The maximum Gasteiger partial charge on any atom is 0.472 e. The summed E-state index contributed by atoms with van der Waals surface area (Å²) in [4.78, 5) is 22.6. The number of carbonyl (C=O) groups is 1. The predicted octanol–water partition coefficient (Wildman–Crippen LogP) is 13.5. The molecule has 0 spiro atoms. The van der Waals surface area contributed by atoms with Crippen LogP contribution in [0.4, 0.5) is 0 Å². The summed E-state index contributed by atoms with van der Waals surface area (Å²) in [6, 6.07) is 0. The van der Waals surface area contributed by atoms with E-state index in [2.05, 4.69) is 74.6 Å². The average Bonchev–Trinajstić information content (AvgIpc) is 3.23. The highest BCUT2D eigenvalue weighted by atomic mass is 31.2. The molecule has 0 aliphatic rings. The van der Waals surface area contributed by atoms with E-state index in [0.717, 1.165) is 83.5 Å². The molecule has 0 rings (SSSR count). The lowest BCUT2D eigenvalue weighted by Crippen LogP contribution is -2.29. The smallest absolute Gasteiger partial charge is 0.457 e. The second-order valence-corrected chi connectivity index (χ2v) is 17.2. The summed E-state index contributed by atoms with van der Waals surface area (Å²) < 4.78 is 33.4. The summed E-state index contributed by atoms with van der Waals surface area (Å²) in [5, 5.41) is 18.4. The van der Waals surface area contributed by atoms with Crippen molar-refractivity contribution in [3.05, 3.63) is 60.8 Å². The Morgan fingerprint density at radius 2 is 0.966 bits per heavy atom. The molecule has 10 heteroatoms. The molecule has 0 saturated heterocycles. The van der Waals surface area contributed by atoms with Crippen LogP contribution in [0.25, 0.3) is 0 Å². The largest absolute Gasteiger partial charge is 0.472 e. The minimum Gasteiger partial charge on any atom is -0.457 e. The van der Waals surface area contributed by atoms with E-state index in [1.54, 1.807) is 0 Å². The van der Waals surface area contributed by atoms with Gasteiger partial charge >= 0.3 is 13.8 Å². The van der Waals surface area contributed by atoms with Crippen LogP contribution >= 0.6 is 7.82 Å². The number of aliphatic hydroxyl groups excluding tert-OH is 2. The maximum absolute atomic E-state index is 12.6. The van der Waals surface area contributed by atoms with Gasteiger partial charge < -0.3 is 24.6 Å². The minimum absolute atomic E-state index is 0.0401. The van der Waals surface area contributed by atoms with Gasteiger partial charge in [-0.25, -0.2) is 4.57 Å². The van der Waals surface area contributed by atoms with E-state index >= 15 is 0 Å². The number of phosphoric acid groups is 1. The van der Waals surface area contributed by atoms with Crippen molar-refractivity contribution in [2.45, 2.75) is 212 Å². The van der Waals surface area contributed by atoms with Gasteiger partial charge in [0.15, 0.2) is 0 Å². The van der Waals surface area contributed by atoms with Gasteiger partial charge in [0, 0.05) is 13.0 Å². The van der Waals surface area contributed by atoms with Crippen LogP contribution in [0.5, 0.6) is 0 Å². The van der Waals surface area contributed by atoms with Gasteiger partial charge in [0.25, 0.3) is 0 Å². The minimum atomic E-state index is -4.53. The molecule has 3 N–H and O–H groups in total. The van der Waals surface area contributed by atoms with Crippen LogP contribution in [0, 0.1) is 0 Å². The van der Waals surface area contributed by atoms with E-state index in [1.165, 1.54) is 89.9 Å². The molecule has 344 valence electrons. The molecule has 0 aliphatic carbocycles. The molecule has 0 aromatic heterocycles. The van der Waals surface area contributed by atoms with Crippen molar-refractivity contribution < 1.29 is 43.0 Å². The summed E-state index contributed by atoms with van der Waals surface area (Å²) >= 11 is 0. The van der Waals surface area contributed by atoms with Crippen molar-refractivity contribution in [1.82, 2.24) is 0 Å². The van der Waals surface area contributed by atoms with Crippen molar-refractivity contribution >= 4 is 13.8 Å². The molecular weight excluding hydrogens is 764 g/mol. The summed E-state index contributed by atoms with van der Waals surface area (Å²) in [6.45, 7) is 3.39. The van der Waals surface area contributed by atoms with Gasteiger partial charge in [-0.3, -0.25) is 13.8 Å². The number of esters is 1. The van der Waals surface area contributed by atoms with E-state index in [-0.39, 0.29) is 19.6 Å². The van der Waals surface area contributed by atoms with Crippen molar-refractivity contribution in [1.29, 1.82) is 0 Å². The van der Waals surface area contributed by atoms with Crippen LogP contribution in [0.2, 0.25) is 0 Å². The van der Waals surface area contributed by atoms with Gasteiger partial charge in [-0.1, -0.05) is 177 Å². The highest BCUT2D eigenvalue weighted by Crippen LogP contribution is 2.43. The Kier molecular flexibility index (Phi) is 44.3. The Hall–Kier alpha value is -1.84. The molecular formula is C49H89O9P. The number of carbonyl (C=O) groups excluding carboxylic acids is 1. The average molecular weight is 853 g/mol. The lowest BCUT2D eigenvalue weighted by Gasteiger charge is -2.20. The molecule has 9 nitrogen and oxygen atoms in total. The Morgan fingerprint density at radius 1 is 0.542 bits per heavy atom. The van der Waals surface area contributed by atoms with Crippen molar-refractivity contribution in [2.24, 2.45) is 0 Å². The third-order valence-corrected chi connectivity index (χ3v) is 10.9. The van der Waals surface area contributed by atoms with E-state index in [1.807, 2.05) is 0 Å². The first-order valence-corrected chi connectivity index (χ1v) is 25.3. The molecule has 0 saturated carbocycles. The van der Waals surface area contributed by atoms with E-state index in [0.29, 0.717) is 13.0 Å². The van der Waals surface area contributed by atoms with Crippen molar-refractivity contribution in [2.75, 3.05) is 33.0 Å². The van der Waals surface area contributed by atoms with Crippen LogP contribution in [-0.2, 0) is 27.9 Å². The van der Waals surface area contributed by atoms with Gasteiger partial charge in [0.2, 0.25) is 0 Å². The van der Waals surface area contributed by atoms with Crippen molar-refractivity contribution in [3.8, 4) is 0 Å². The standard InChI is InChI=1S/C49H89O9P/c1-3-5-7-9-11-13-15-17-19-21-22-23-24-25-26-28-30-32-34-36-38-40-42-55-45-48(46-57-59(53,54)56-44-47(51)43-50)58-49(52)41-39-37-35-33-31-29-27-20-18-16-14-12-10-8-6-4-2/h5,7,11,13,17,19-20,22-23,27,47-48,50-51H,3-4,6,8-10,12,14-16,18,21,24-26,28-46H2,1-2H3,(H,53,54)/b7-5-,13-11-,19-17-,23-22-,27-20-. The van der Waals surface area contributed by atoms with Crippen LogP contribution in [0.1, 0.15) is 200 Å². The fourth-order valence-electron chi connectivity index (χ4n) is 6.34. The van der Waals surface area contributed by atoms with E-state index in [9.17, 15) is 19.4 Å². The number of unbranched alkanes of at least 4 members (excludes halogenated alkanes) is 21. The molecule has 0 bridgehead atoms. The Balaban J connectivity index is 4.13. The highest BCUT2D eigenvalue weighted by Gasteiger charge is 2.26. The number of ether oxygens (including phenoxy) is 2. The number of aliphatic hydroxyl groups is 2. The molecule has 0 radical (unpaired) electrons. The fourth-order valence-corrected chi connectivity index (χ4v) is 7.13. The van der Waals surface area contributed by atoms with Crippen LogP contribution in [0.15, 0.2) is 60.8 Å². The first-order chi connectivity index (χ1) is 28.8. The third-order valence-electron chi connectivity index (χ3n) is 9.94.